The van der Waals surface area contributed by atoms with Gasteiger partial charge in [-0.1, -0.05) is 6.92 Å². The molecular formula is C15H26N4O3S. The zero-order valence-electron chi connectivity index (χ0n) is 14.0. The lowest BCUT2D eigenvalue weighted by molar-refractivity contribution is -0.126. The summed E-state index contributed by atoms with van der Waals surface area (Å²) in [6.45, 7) is 7.33. The zero-order chi connectivity index (χ0) is 17.0. The quantitative estimate of drug-likeness (QED) is 0.842. The second kappa shape index (κ2) is 7.44. The predicted molar refractivity (Wildman–Crippen MR) is 87.3 cm³/mol. The van der Waals surface area contributed by atoms with Crippen LogP contribution in [0.4, 0.5) is 0 Å². The van der Waals surface area contributed by atoms with Gasteiger partial charge in [-0.15, -0.1) is 0 Å². The molecule has 8 heteroatoms. The molecule has 0 aromatic carbocycles. The summed E-state index contributed by atoms with van der Waals surface area (Å²) in [6, 6.07) is 0.155. The van der Waals surface area contributed by atoms with Crippen molar-refractivity contribution in [3.8, 4) is 0 Å². The second-order valence-corrected chi connectivity index (χ2v) is 7.92. The van der Waals surface area contributed by atoms with Gasteiger partial charge in [-0.2, -0.15) is 4.31 Å². The molecule has 1 aromatic rings. The first-order valence-corrected chi connectivity index (χ1v) is 9.64. The predicted octanol–water partition coefficient (Wildman–Crippen LogP) is 1.22. The summed E-state index contributed by atoms with van der Waals surface area (Å²) in [4.78, 5) is 16.1. The average molecular weight is 342 g/mol. The molecule has 0 saturated carbocycles. The number of rotatable bonds is 6. The van der Waals surface area contributed by atoms with Gasteiger partial charge in [0, 0.05) is 37.8 Å². The van der Waals surface area contributed by atoms with Crippen molar-refractivity contribution in [2.75, 3.05) is 13.1 Å². The molecule has 1 unspecified atom stereocenters. The molecular weight excluding hydrogens is 316 g/mol. The van der Waals surface area contributed by atoms with Gasteiger partial charge in [-0.3, -0.25) is 4.79 Å². The first-order chi connectivity index (χ1) is 10.9. The Morgan fingerprint density at radius 1 is 1.39 bits per heavy atom. The smallest absolute Gasteiger partial charge is 0.262 e. The van der Waals surface area contributed by atoms with Crippen molar-refractivity contribution in [2.24, 2.45) is 5.92 Å². The largest absolute Gasteiger partial charge is 0.353 e. The molecule has 1 aliphatic rings. The fourth-order valence-corrected chi connectivity index (χ4v) is 4.00. The zero-order valence-corrected chi connectivity index (χ0v) is 14.8. The van der Waals surface area contributed by atoms with Gasteiger partial charge in [0.15, 0.2) is 5.03 Å². The standard InChI is InChI=1S/C15H26N4O3S/c1-4-12(3)17-15(20)13-6-8-19(9-7-13)23(21,22)14-10-18(5-2)11-16-14/h10-13H,4-9H2,1-3H3,(H,17,20). The SMILES string of the molecule is CCC(C)NC(=O)C1CCN(S(=O)(=O)c2cn(CC)cn2)CC1. The van der Waals surface area contributed by atoms with E-state index in [9.17, 15) is 13.2 Å². The Morgan fingerprint density at radius 3 is 2.57 bits per heavy atom. The minimum atomic E-state index is -3.56. The number of imidazole rings is 1. The number of hydrogen-bond acceptors (Lipinski definition) is 4. The molecule has 0 radical (unpaired) electrons. The number of piperidine rings is 1. The van der Waals surface area contributed by atoms with E-state index in [1.165, 1.54) is 10.6 Å². The van der Waals surface area contributed by atoms with E-state index in [-0.39, 0.29) is 22.9 Å². The van der Waals surface area contributed by atoms with Crippen LogP contribution in [0.3, 0.4) is 0 Å². The molecule has 130 valence electrons. The fraction of sp³-hybridized carbons (Fsp3) is 0.733. The maximum absolute atomic E-state index is 12.6. The molecule has 7 nitrogen and oxygen atoms in total. The van der Waals surface area contributed by atoms with Crippen molar-refractivity contribution in [3.63, 3.8) is 0 Å². The number of sulfonamides is 1. The topological polar surface area (TPSA) is 84.3 Å². The molecule has 0 aliphatic carbocycles. The molecule has 23 heavy (non-hydrogen) atoms. The average Bonchev–Trinajstić information content (AvgIpc) is 3.04. The lowest BCUT2D eigenvalue weighted by atomic mass is 9.97. The number of nitrogens with zero attached hydrogens (tertiary/aromatic N) is 3. The summed E-state index contributed by atoms with van der Waals surface area (Å²) in [6.07, 6.45) is 5.07. The van der Waals surface area contributed by atoms with Crippen LogP contribution in [0.5, 0.6) is 0 Å². The van der Waals surface area contributed by atoms with Crippen LogP contribution < -0.4 is 5.32 Å². The molecule has 2 heterocycles. The number of carbonyl (C=O) groups is 1. The van der Waals surface area contributed by atoms with Crippen molar-refractivity contribution in [1.82, 2.24) is 19.2 Å². The van der Waals surface area contributed by atoms with E-state index >= 15 is 0 Å². The number of hydrogen-bond donors (Lipinski definition) is 1. The Morgan fingerprint density at radius 2 is 2.04 bits per heavy atom. The molecule has 1 amide bonds. The third-order valence-electron chi connectivity index (χ3n) is 4.40. The summed E-state index contributed by atoms with van der Waals surface area (Å²) < 4.78 is 28.3. The number of carbonyl (C=O) groups excluding carboxylic acids is 1. The van der Waals surface area contributed by atoms with Gasteiger partial charge >= 0.3 is 0 Å². The Balaban J connectivity index is 1.97. The minimum absolute atomic E-state index is 0.0339. The van der Waals surface area contributed by atoms with Gasteiger partial charge in [0.1, 0.15) is 0 Å². The van der Waals surface area contributed by atoms with Crippen LogP contribution >= 0.6 is 0 Å². The summed E-state index contributed by atoms with van der Waals surface area (Å²) in [5.74, 6) is -0.0738. The molecule has 1 saturated heterocycles. The first kappa shape index (κ1) is 17.9. The number of amides is 1. The Hall–Kier alpha value is -1.41. The van der Waals surface area contributed by atoms with Gasteiger partial charge in [-0.25, -0.2) is 13.4 Å². The summed E-state index contributed by atoms with van der Waals surface area (Å²) in [7, 11) is -3.56. The molecule has 1 fully saturated rings. The molecule has 0 bridgehead atoms. The van der Waals surface area contributed by atoms with E-state index < -0.39 is 10.0 Å². The molecule has 1 atom stereocenters. The fourth-order valence-electron chi connectivity index (χ4n) is 2.60. The van der Waals surface area contributed by atoms with Crippen LogP contribution in [0.1, 0.15) is 40.0 Å². The Bertz CT molecular complexity index is 633. The third kappa shape index (κ3) is 4.11. The van der Waals surface area contributed by atoms with Gasteiger partial charge in [-0.05, 0) is 33.1 Å². The van der Waals surface area contributed by atoms with Crippen molar-refractivity contribution in [1.29, 1.82) is 0 Å². The lowest BCUT2D eigenvalue weighted by Gasteiger charge is -2.30. The van der Waals surface area contributed by atoms with E-state index in [4.69, 9.17) is 0 Å². The molecule has 2 rings (SSSR count). The molecule has 0 spiro atoms. The van der Waals surface area contributed by atoms with E-state index in [1.54, 1.807) is 10.8 Å². The number of aryl methyl sites for hydroxylation is 1. The summed E-state index contributed by atoms with van der Waals surface area (Å²) in [5.41, 5.74) is 0. The van der Waals surface area contributed by atoms with Crippen LogP contribution in [0.2, 0.25) is 0 Å². The highest BCUT2D eigenvalue weighted by atomic mass is 32.2. The van der Waals surface area contributed by atoms with Gasteiger partial charge < -0.3 is 9.88 Å². The Labute approximate surface area is 138 Å². The maximum atomic E-state index is 12.6. The van der Waals surface area contributed by atoms with Crippen molar-refractivity contribution in [3.05, 3.63) is 12.5 Å². The first-order valence-electron chi connectivity index (χ1n) is 8.20. The molecule has 1 aromatic heterocycles. The number of nitrogens with one attached hydrogen (secondary N) is 1. The van der Waals surface area contributed by atoms with E-state index in [0.717, 1.165) is 6.42 Å². The van der Waals surface area contributed by atoms with Crippen LogP contribution in [0.25, 0.3) is 0 Å². The van der Waals surface area contributed by atoms with Gasteiger partial charge in [0.25, 0.3) is 10.0 Å². The van der Waals surface area contributed by atoms with Gasteiger partial charge in [0.2, 0.25) is 5.91 Å². The lowest BCUT2D eigenvalue weighted by Crippen LogP contribution is -2.44. The summed E-state index contributed by atoms with van der Waals surface area (Å²) in [5, 5.41) is 3.06. The highest BCUT2D eigenvalue weighted by molar-refractivity contribution is 7.89. The van der Waals surface area contributed by atoms with Crippen LogP contribution in [-0.4, -0.2) is 47.3 Å². The van der Waals surface area contributed by atoms with Crippen LogP contribution in [0.15, 0.2) is 17.6 Å². The van der Waals surface area contributed by atoms with Crippen LogP contribution in [0, 0.1) is 5.92 Å². The second-order valence-electron chi connectivity index (χ2n) is 6.04. The third-order valence-corrected chi connectivity index (χ3v) is 6.19. The summed E-state index contributed by atoms with van der Waals surface area (Å²) >= 11 is 0. The van der Waals surface area contributed by atoms with Crippen molar-refractivity contribution < 1.29 is 13.2 Å². The normalized spacial score (nSPS) is 18.7. The van der Waals surface area contributed by atoms with Crippen molar-refractivity contribution >= 4 is 15.9 Å². The monoisotopic (exact) mass is 342 g/mol. The molecule has 1 aliphatic heterocycles. The van der Waals surface area contributed by atoms with Gasteiger partial charge in [0.05, 0.1) is 6.33 Å². The maximum Gasteiger partial charge on any atom is 0.262 e. The highest BCUT2D eigenvalue weighted by Crippen LogP contribution is 2.23. The Kier molecular flexibility index (Phi) is 5.80. The van der Waals surface area contributed by atoms with Crippen LogP contribution in [-0.2, 0) is 21.4 Å². The van der Waals surface area contributed by atoms with E-state index in [1.807, 2.05) is 20.8 Å². The number of aromatic nitrogens is 2. The van der Waals surface area contributed by atoms with E-state index in [0.29, 0.717) is 32.5 Å². The molecule has 1 N–H and O–H groups in total. The minimum Gasteiger partial charge on any atom is -0.353 e. The highest BCUT2D eigenvalue weighted by Gasteiger charge is 2.33. The van der Waals surface area contributed by atoms with E-state index in [2.05, 4.69) is 10.3 Å². The van der Waals surface area contributed by atoms with Crippen molar-refractivity contribution in [2.45, 2.75) is 57.6 Å².